The largest absolute Gasteiger partial charge is 0.0683 e. The number of hydrogen-bond acceptors (Lipinski definition) is 0. The van der Waals surface area contributed by atoms with Gasteiger partial charge in [0.25, 0.3) is 0 Å². The summed E-state index contributed by atoms with van der Waals surface area (Å²) in [5.74, 6) is 7.54. The molecule has 0 heteroatoms. The van der Waals surface area contributed by atoms with E-state index in [0.29, 0.717) is 0 Å². The van der Waals surface area contributed by atoms with Crippen LogP contribution in [0.4, 0.5) is 0 Å². The number of hydrogen-bond donors (Lipinski definition) is 0. The molecule has 0 saturated heterocycles. The van der Waals surface area contributed by atoms with Gasteiger partial charge in [0, 0.05) is 0 Å². The van der Waals surface area contributed by atoms with Gasteiger partial charge in [-0.2, -0.15) is 0 Å². The van der Waals surface area contributed by atoms with Gasteiger partial charge in [-0.1, -0.05) is 209 Å². The van der Waals surface area contributed by atoms with Crippen LogP contribution < -0.4 is 0 Å². The molecule has 0 radical (unpaired) electrons. The summed E-state index contributed by atoms with van der Waals surface area (Å²) in [5, 5.41) is 0. The highest BCUT2D eigenvalue weighted by atomic mass is 14.4. The van der Waals surface area contributed by atoms with Gasteiger partial charge in [0.2, 0.25) is 0 Å². The van der Waals surface area contributed by atoms with E-state index in [1.165, 1.54) is 135 Å². The van der Waals surface area contributed by atoms with Crippen LogP contribution >= 0.6 is 0 Å². The zero-order valence-corrected chi connectivity index (χ0v) is 30.8. The van der Waals surface area contributed by atoms with Crippen molar-refractivity contribution in [2.24, 2.45) is 41.4 Å². The first-order chi connectivity index (χ1) is 20.6. The summed E-state index contributed by atoms with van der Waals surface area (Å²) in [6, 6.07) is 0. The van der Waals surface area contributed by atoms with Crippen LogP contribution in [-0.4, -0.2) is 0 Å². The first kappa shape index (κ1) is 40.0. The third-order valence-corrected chi connectivity index (χ3v) is 11.5. The zero-order valence-electron chi connectivity index (χ0n) is 30.8. The maximum absolute atomic E-state index is 2.47. The average Bonchev–Trinajstić information content (AvgIpc) is 3.80. The minimum atomic E-state index is 1.01. The van der Waals surface area contributed by atoms with Crippen molar-refractivity contribution < 1.29 is 0 Å². The minimum Gasteiger partial charge on any atom is -0.0683 e. The van der Waals surface area contributed by atoms with Gasteiger partial charge in [0.15, 0.2) is 0 Å². The van der Waals surface area contributed by atoms with Crippen LogP contribution in [0.5, 0.6) is 0 Å². The van der Waals surface area contributed by atoms with E-state index < -0.39 is 0 Å². The molecule has 0 spiro atoms. The third kappa shape index (κ3) is 20.1. The Morgan fingerprint density at radius 3 is 0.833 bits per heavy atom. The van der Waals surface area contributed by atoms with Crippen LogP contribution in [0.3, 0.4) is 0 Å². The summed E-state index contributed by atoms with van der Waals surface area (Å²) < 4.78 is 0. The molecule has 0 heterocycles. The molecular weight excluding hydrogens is 504 g/mol. The summed E-state index contributed by atoms with van der Waals surface area (Å²) in [7, 11) is 0. The standard InChI is InChI=1S/C20H36.2C9H18.2C2H6/c1-16-7-5-11-17(12-6-8-16)19-9-3-2-4-10-20(15-19)18-13-14-18;2*1-9-7-5-3-2-4-6-8-9;2*1-2/h16-20H,2-15H2,1H3;2*9H,2-8H2,1H3;2*1-2H3. The third-order valence-electron chi connectivity index (χ3n) is 11.5. The van der Waals surface area contributed by atoms with Gasteiger partial charge in [-0.15, -0.1) is 0 Å². The van der Waals surface area contributed by atoms with Crippen LogP contribution in [0, 0.1) is 41.4 Å². The van der Waals surface area contributed by atoms with Crippen molar-refractivity contribution in [1.29, 1.82) is 0 Å². The molecule has 0 amide bonds. The highest BCUT2D eigenvalue weighted by Gasteiger charge is 2.35. The lowest BCUT2D eigenvalue weighted by Crippen LogP contribution is -2.22. The fraction of sp³-hybridized carbons (Fsp3) is 1.00. The minimum absolute atomic E-state index is 1.01. The van der Waals surface area contributed by atoms with Gasteiger partial charge in [0.1, 0.15) is 0 Å². The molecule has 0 bridgehead atoms. The predicted octanol–water partition coefficient (Wildman–Crippen LogP) is 15.4. The molecule has 5 saturated carbocycles. The average molecular weight is 589 g/mol. The molecule has 5 aliphatic carbocycles. The van der Waals surface area contributed by atoms with Gasteiger partial charge < -0.3 is 0 Å². The quantitative estimate of drug-likeness (QED) is 0.301. The molecule has 0 aromatic rings. The van der Waals surface area contributed by atoms with Crippen molar-refractivity contribution in [3.05, 3.63) is 0 Å². The Balaban J connectivity index is 0.000000335. The van der Waals surface area contributed by atoms with Crippen LogP contribution in [0.15, 0.2) is 0 Å². The fourth-order valence-electron chi connectivity index (χ4n) is 8.58. The first-order valence-corrected chi connectivity index (χ1v) is 20.6. The molecule has 2 atom stereocenters. The van der Waals surface area contributed by atoms with E-state index in [1.54, 1.807) is 44.9 Å². The lowest BCUT2D eigenvalue weighted by molar-refractivity contribution is 0.173. The molecule has 0 aromatic heterocycles. The lowest BCUT2D eigenvalue weighted by Gasteiger charge is -2.34. The Morgan fingerprint density at radius 1 is 0.238 bits per heavy atom. The van der Waals surface area contributed by atoms with Gasteiger partial charge in [0.05, 0.1) is 0 Å². The van der Waals surface area contributed by atoms with Crippen LogP contribution in [0.2, 0.25) is 0 Å². The SMILES string of the molecule is CC.CC.CC1CCCC(C2CCCCCC(C3CC3)C2)CCC1.CC1CCCCCCC1.CC1CCCCCCC1. The Hall–Kier alpha value is 0. The molecule has 0 aliphatic heterocycles. The summed E-state index contributed by atoms with van der Waals surface area (Å²) >= 11 is 0. The van der Waals surface area contributed by atoms with Crippen LogP contribution in [0.25, 0.3) is 0 Å². The second-order valence-electron chi connectivity index (χ2n) is 15.4. The summed E-state index contributed by atoms with van der Waals surface area (Å²) in [4.78, 5) is 0. The molecule has 0 nitrogen and oxygen atoms in total. The smallest absolute Gasteiger partial charge is 0.0383 e. The monoisotopic (exact) mass is 589 g/mol. The molecular formula is C42H84. The summed E-state index contributed by atoms with van der Waals surface area (Å²) in [6.07, 6.45) is 42.5. The van der Waals surface area contributed by atoms with E-state index in [1.807, 2.05) is 27.7 Å². The lowest BCUT2D eigenvalue weighted by atomic mass is 9.72. The van der Waals surface area contributed by atoms with E-state index in [4.69, 9.17) is 0 Å². The Kier molecular flexibility index (Phi) is 26.0. The second-order valence-corrected chi connectivity index (χ2v) is 15.4. The summed E-state index contributed by atoms with van der Waals surface area (Å²) in [6.45, 7) is 15.3. The van der Waals surface area contributed by atoms with E-state index >= 15 is 0 Å². The van der Waals surface area contributed by atoms with E-state index in [9.17, 15) is 0 Å². The van der Waals surface area contributed by atoms with E-state index in [0.717, 1.165) is 41.4 Å². The first-order valence-electron chi connectivity index (χ1n) is 20.6. The Labute approximate surface area is 269 Å². The van der Waals surface area contributed by atoms with Gasteiger partial charge in [-0.05, 0) is 60.7 Å². The summed E-state index contributed by atoms with van der Waals surface area (Å²) in [5.41, 5.74) is 0. The maximum atomic E-state index is 2.47. The van der Waals surface area contributed by atoms with Crippen LogP contribution in [0.1, 0.15) is 228 Å². The highest BCUT2D eigenvalue weighted by Crippen LogP contribution is 2.46. The topological polar surface area (TPSA) is 0 Å². The van der Waals surface area contributed by atoms with Crippen molar-refractivity contribution in [2.45, 2.75) is 228 Å². The molecule has 42 heavy (non-hydrogen) atoms. The molecule has 5 rings (SSSR count). The molecule has 0 N–H and O–H groups in total. The molecule has 5 aliphatic rings. The normalized spacial score (nSPS) is 30.6. The molecule has 252 valence electrons. The molecule has 0 aromatic carbocycles. The van der Waals surface area contributed by atoms with Crippen molar-refractivity contribution in [1.82, 2.24) is 0 Å². The van der Waals surface area contributed by atoms with E-state index in [-0.39, 0.29) is 0 Å². The Morgan fingerprint density at radius 2 is 0.476 bits per heavy atom. The molecule has 5 fully saturated rings. The number of rotatable bonds is 2. The molecule has 2 unspecified atom stereocenters. The van der Waals surface area contributed by atoms with Crippen molar-refractivity contribution >= 4 is 0 Å². The Bertz CT molecular complexity index is 500. The second kappa shape index (κ2) is 27.3. The van der Waals surface area contributed by atoms with Crippen LogP contribution in [-0.2, 0) is 0 Å². The van der Waals surface area contributed by atoms with Crippen molar-refractivity contribution in [3.8, 4) is 0 Å². The van der Waals surface area contributed by atoms with Gasteiger partial charge in [-0.3, -0.25) is 0 Å². The van der Waals surface area contributed by atoms with E-state index in [2.05, 4.69) is 20.8 Å². The highest BCUT2D eigenvalue weighted by molar-refractivity contribution is 4.86. The predicted molar refractivity (Wildman–Crippen MR) is 193 cm³/mol. The van der Waals surface area contributed by atoms with Gasteiger partial charge >= 0.3 is 0 Å². The van der Waals surface area contributed by atoms with Gasteiger partial charge in [-0.25, -0.2) is 0 Å². The maximum Gasteiger partial charge on any atom is -0.0383 e. The fourth-order valence-corrected chi connectivity index (χ4v) is 8.58. The van der Waals surface area contributed by atoms with Crippen molar-refractivity contribution in [3.63, 3.8) is 0 Å². The zero-order chi connectivity index (χ0) is 30.8. The van der Waals surface area contributed by atoms with Crippen molar-refractivity contribution in [2.75, 3.05) is 0 Å².